The predicted molar refractivity (Wildman–Crippen MR) is 87.3 cm³/mol. The van der Waals surface area contributed by atoms with E-state index in [4.69, 9.17) is 5.84 Å². The molecule has 1 aromatic rings. The Balaban J connectivity index is 1.89. The zero-order valence-electron chi connectivity index (χ0n) is 13.2. The van der Waals surface area contributed by atoms with Gasteiger partial charge in [-0.2, -0.15) is 0 Å². The Labute approximate surface area is 131 Å². The molecule has 1 aliphatic rings. The van der Waals surface area contributed by atoms with Crippen molar-refractivity contribution in [2.75, 3.05) is 33.7 Å². The lowest BCUT2D eigenvalue weighted by Crippen LogP contribution is -2.36. The maximum atomic E-state index is 11.6. The molecule has 2 heterocycles. The van der Waals surface area contributed by atoms with Crippen molar-refractivity contribution in [3.63, 3.8) is 0 Å². The topological polar surface area (TPSA) is 61.6 Å². The van der Waals surface area contributed by atoms with E-state index in [9.17, 15) is 4.79 Å². The van der Waals surface area contributed by atoms with Gasteiger partial charge in [0.15, 0.2) is 0 Å². The number of rotatable bonds is 5. The van der Waals surface area contributed by atoms with Crippen LogP contribution < -0.4 is 11.3 Å². The molecule has 1 saturated heterocycles. The van der Waals surface area contributed by atoms with Crippen LogP contribution in [0.4, 0.5) is 0 Å². The minimum atomic E-state index is -0.195. The summed E-state index contributed by atoms with van der Waals surface area (Å²) >= 11 is 1.52. The zero-order chi connectivity index (χ0) is 15.4. The van der Waals surface area contributed by atoms with E-state index in [2.05, 4.69) is 36.2 Å². The first-order valence-corrected chi connectivity index (χ1v) is 8.28. The Kier molecular flexibility index (Phi) is 5.75. The van der Waals surface area contributed by atoms with Gasteiger partial charge in [0.2, 0.25) is 0 Å². The number of aryl methyl sites for hydroxylation is 1. The number of carbonyl (C=O) groups excluding carboxylic acids is 1. The lowest BCUT2D eigenvalue weighted by atomic mass is 9.96. The number of carbonyl (C=O) groups is 1. The molecule has 21 heavy (non-hydrogen) atoms. The van der Waals surface area contributed by atoms with E-state index in [-0.39, 0.29) is 5.91 Å². The van der Waals surface area contributed by atoms with E-state index in [1.165, 1.54) is 41.2 Å². The largest absolute Gasteiger partial charge is 0.309 e. The van der Waals surface area contributed by atoms with Gasteiger partial charge in [0.25, 0.3) is 5.91 Å². The Bertz CT molecular complexity index is 478. The Hall–Kier alpha value is -0.950. The van der Waals surface area contributed by atoms with Gasteiger partial charge >= 0.3 is 0 Å². The van der Waals surface area contributed by atoms with Crippen LogP contribution in [0.25, 0.3) is 0 Å². The molecule has 0 bridgehead atoms. The first-order valence-electron chi connectivity index (χ1n) is 7.47. The standard InChI is InChI=1S/C15H26N4OS/c1-11-13(8-14(21-11)15(20)17-16)10-19-6-4-12(5-7-19)9-18(2)3/h8,12H,4-7,9-10,16H2,1-3H3,(H,17,20). The number of nitrogens with zero attached hydrogens (tertiary/aromatic N) is 2. The highest BCUT2D eigenvalue weighted by atomic mass is 32.1. The number of piperidine rings is 1. The molecule has 0 aromatic carbocycles. The SMILES string of the molecule is Cc1sc(C(=O)NN)cc1CN1CCC(CN(C)C)CC1. The molecular weight excluding hydrogens is 284 g/mol. The minimum absolute atomic E-state index is 0.195. The average molecular weight is 310 g/mol. The lowest BCUT2D eigenvalue weighted by molar-refractivity contribution is 0.0957. The normalized spacial score (nSPS) is 17.4. The summed E-state index contributed by atoms with van der Waals surface area (Å²) in [6.45, 7) is 6.49. The molecule has 0 aliphatic carbocycles. The summed E-state index contributed by atoms with van der Waals surface area (Å²) in [6, 6.07) is 1.98. The molecule has 5 nitrogen and oxygen atoms in total. The van der Waals surface area contributed by atoms with Gasteiger partial charge in [-0.3, -0.25) is 15.1 Å². The summed E-state index contributed by atoms with van der Waals surface area (Å²) < 4.78 is 0. The highest BCUT2D eigenvalue weighted by molar-refractivity contribution is 7.14. The minimum Gasteiger partial charge on any atom is -0.309 e. The molecule has 1 fully saturated rings. The summed E-state index contributed by atoms with van der Waals surface area (Å²) in [5, 5.41) is 0. The number of thiophene rings is 1. The fourth-order valence-electron chi connectivity index (χ4n) is 2.94. The van der Waals surface area contributed by atoms with E-state index in [0.717, 1.165) is 25.6 Å². The Morgan fingerprint density at radius 1 is 1.48 bits per heavy atom. The lowest BCUT2D eigenvalue weighted by Gasteiger charge is -2.33. The maximum Gasteiger partial charge on any atom is 0.275 e. The number of nitrogen functional groups attached to an aromatic ring is 1. The fraction of sp³-hybridized carbons (Fsp3) is 0.667. The summed E-state index contributed by atoms with van der Waals surface area (Å²) in [5.74, 6) is 5.82. The number of hydrogen-bond donors (Lipinski definition) is 2. The third kappa shape index (κ3) is 4.51. The van der Waals surface area contributed by atoms with Gasteiger partial charge in [-0.25, -0.2) is 5.84 Å². The number of likely N-dealkylation sites (tertiary alicyclic amines) is 1. The average Bonchev–Trinajstić information content (AvgIpc) is 2.81. The van der Waals surface area contributed by atoms with Crippen LogP contribution in [0.1, 0.15) is 33.0 Å². The van der Waals surface area contributed by atoms with Crippen LogP contribution in [0.5, 0.6) is 0 Å². The van der Waals surface area contributed by atoms with Gasteiger partial charge < -0.3 is 4.90 Å². The van der Waals surface area contributed by atoms with Crippen molar-refractivity contribution in [1.29, 1.82) is 0 Å². The van der Waals surface area contributed by atoms with Crippen LogP contribution in [-0.2, 0) is 6.54 Å². The van der Waals surface area contributed by atoms with Gasteiger partial charge in [-0.05, 0) is 64.5 Å². The molecule has 6 heteroatoms. The number of hydrogen-bond acceptors (Lipinski definition) is 5. The van der Waals surface area contributed by atoms with Crippen LogP contribution in [0, 0.1) is 12.8 Å². The summed E-state index contributed by atoms with van der Waals surface area (Å²) in [4.78, 5) is 18.3. The molecule has 0 unspecified atom stereocenters. The van der Waals surface area contributed by atoms with Gasteiger partial charge in [0.1, 0.15) is 0 Å². The first-order chi connectivity index (χ1) is 9.99. The third-order valence-electron chi connectivity index (χ3n) is 4.10. The number of nitrogens with one attached hydrogen (secondary N) is 1. The fourth-order valence-corrected chi connectivity index (χ4v) is 3.88. The van der Waals surface area contributed by atoms with E-state index >= 15 is 0 Å². The van der Waals surface area contributed by atoms with Gasteiger partial charge in [0.05, 0.1) is 4.88 Å². The molecule has 3 N–H and O–H groups in total. The summed E-state index contributed by atoms with van der Waals surface area (Å²) in [6.07, 6.45) is 2.52. The van der Waals surface area contributed by atoms with Crippen molar-refractivity contribution >= 4 is 17.2 Å². The highest BCUT2D eigenvalue weighted by Crippen LogP contribution is 2.25. The van der Waals surface area contributed by atoms with Crippen molar-refractivity contribution in [3.8, 4) is 0 Å². The molecule has 1 amide bonds. The molecule has 1 aliphatic heterocycles. The Morgan fingerprint density at radius 3 is 2.71 bits per heavy atom. The van der Waals surface area contributed by atoms with Gasteiger partial charge in [0, 0.05) is 18.0 Å². The van der Waals surface area contributed by atoms with Gasteiger partial charge in [-0.1, -0.05) is 0 Å². The van der Waals surface area contributed by atoms with E-state index in [1.807, 2.05) is 6.07 Å². The van der Waals surface area contributed by atoms with E-state index in [0.29, 0.717) is 4.88 Å². The second kappa shape index (κ2) is 7.35. The first kappa shape index (κ1) is 16.4. The van der Waals surface area contributed by atoms with Crippen LogP contribution in [0.3, 0.4) is 0 Å². The van der Waals surface area contributed by atoms with Crippen molar-refractivity contribution in [1.82, 2.24) is 15.2 Å². The van der Waals surface area contributed by atoms with Gasteiger partial charge in [-0.15, -0.1) is 11.3 Å². The second-order valence-corrected chi connectivity index (χ2v) is 7.40. The molecule has 1 aromatic heterocycles. The molecule has 2 rings (SSSR count). The van der Waals surface area contributed by atoms with E-state index in [1.54, 1.807) is 0 Å². The quantitative estimate of drug-likeness (QED) is 0.491. The smallest absolute Gasteiger partial charge is 0.275 e. The summed E-state index contributed by atoms with van der Waals surface area (Å²) in [5.41, 5.74) is 3.46. The molecule has 0 spiro atoms. The van der Waals surface area contributed by atoms with E-state index < -0.39 is 0 Å². The van der Waals surface area contributed by atoms with Crippen molar-refractivity contribution < 1.29 is 4.79 Å². The van der Waals surface area contributed by atoms with Crippen LogP contribution in [-0.4, -0.2) is 49.4 Å². The Morgan fingerprint density at radius 2 is 2.14 bits per heavy atom. The van der Waals surface area contributed by atoms with Crippen molar-refractivity contribution in [3.05, 3.63) is 21.4 Å². The molecule has 0 saturated carbocycles. The molecular formula is C15H26N4OS. The third-order valence-corrected chi connectivity index (χ3v) is 5.19. The maximum absolute atomic E-state index is 11.6. The summed E-state index contributed by atoms with van der Waals surface area (Å²) in [7, 11) is 4.29. The van der Waals surface area contributed by atoms with Crippen molar-refractivity contribution in [2.45, 2.75) is 26.3 Å². The predicted octanol–water partition coefficient (Wildman–Crippen LogP) is 1.43. The number of hydrazine groups is 1. The highest BCUT2D eigenvalue weighted by Gasteiger charge is 2.21. The molecule has 0 radical (unpaired) electrons. The second-order valence-electron chi connectivity index (χ2n) is 6.15. The van der Waals surface area contributed by atoms with Crippen LogP contribution >= 0.6 is 11.3 Å². The van der Waals surface area contributed by atoms with Crippen LogP contribution in [0.15, 0.2) is 6.07 Å². The number of amides is 1. The van der Waals surface area contributed by atoms with Crippen LogP contribution in [0.2, 0.25) is 0 Å². The molecule has 118 valence electrons. The monoisotopic (exact) mass is 310 g/mol. The number of nitrogens with two attached hydrogens (primary N) is 1. The zero-order valence-corrected chi connectivity index (χ0v) is 14.0. The molecule has 0 atom stereocenters. The van der Waals surface area contributed by atoms with Crippen molar-refractivity contribution in [2.24, 2.45) is 11.8 Å².